The van der Waals surface area contributed by atoms with Crippen LogP contribution in [-0.4, -0.2) is 11.2 Å². The maximum Gasteiger partial charge on any atom is 0.124 e. The second-order valence-corrected chi connectivity index (χ2v) is 19.2. The fourth-order valence-electron chi connectivity index (χ4n) is 8.32. The summed E-state index contributed by atoms with van der Waals surface area (Å²) >= 11 is 7.30. The van der Waals surface area contributed by atoms with Gasteiger partial charge in [-0.25, -0.2) is 0 Å². The zero-order valence-electron chi connectivity index (χ0n) is 33.2. The third-order valence-electron chi connectivity index (χ3n) is 13.0. The van der Waals surface area contributed by atoms with E-state index >= 15 is 0 Å². The highest BCUT2D eigenvalue weighted by Crippen LogP contribution is 2.53. The summed E-state index contributed by atoms with van der Waals surface area (Å²) in [6.07, 6.45) is 0. The van der Waals surface area contributed by atoms with Crippen LogP contribution in [0.4, 0.5) is 34.1 Å². The molecular formula is C50H46Br2N2O2. The van der Waals surface area contributed by atoms with Gasteiger partial charge in [0.25, 0.3) is 0 Å². The molecule has 6 heteroatoms. The van der Waals surface area contributed by atoms with E-state index in [0.717, 1.165) is 54.6 Å². The molecule has 7 aromatic rings. The summed E-state index contributed by atoms with van der Waals surface area (Å²) in [5.41, 5.74) is 8.11. The van der Waals surface area contributed by atoms with E-state index in [-0.39, 0.29) is 22.0 Å². The highest BCUT2D eigenvalue weighted by molar-refractivity contribution is 9.10. The molecule has 4 nitrogen and oxygen atoms in total. The Labute approximate surface area is 347 Å². The van der Waals surface area contributed by atoms with Crippen molar-refractivity contribution in [1.29, 1.82) is 0 Å². The number of rotatable bonds is 6. The van der Waals surface area contributed by atoms with Gasteiger partial charge in [0, 0.05) is 65.0 Å². The van der Waals surface area contributed by atoms with Crippen LogP contribution in [0.25, 0.3) is 21.5 Å². The van der Waals surface area contributed by atoms with E-state index in [1.165, 1.54) is 32.7 Å². The van der Waals surface area contributed by atoms with E-state index in [2.05, 4.69) is 231 Å². The predicted octanol–water partition coefficient (Wildman–Crippen LogP) is 15.4. The van der Waals surface area contributed by atoms with Crippen molar-refractivity contribution in [2.45, 2.75) is 77.4 Å². The normalized spacial score (nSPS) is 16.9. The second kappa shape index (κ2) is 12.9. The molecule has 0 N–H and O–H groups in total. The number of fused-ring (bicyclic) bond motifs is 5. The molecule has 2 aliphatic rings. The molecule has 0 atom stereocenters. The molecule has 0 amide bonds. The summed E-state index contributed by atoms with van der Waals surface area (Å²) in [5, 5.41) is 4.80. The van der Waals surface area contributed by atoms with E-state index in [9.17, 15) is 0 Å². The fourth-order valence-corrected chi connectivity index (χ4v) is 8.85. The van der Waals surface area contributed by atoms with Gasteiger partial charge in [0.1, 0.15) is 22.7 Å². The van der Waals surface area contributed by atoms with Crippen LogP contribution in [0.15, 0.2) is 142 Å². The molecule has 0 aliphatic carbocycles. The minimum absolute atomic E-state index is 0.152. The van der Waals surface area contributed by atoms with Crippen molar-refractivity contribution in [3.8, 4) is 11.5 Å². The van der Waals surface area contributed by atoms with Gasteiger partial charge in [-0.1, -0.05) is 83.8 Å². The van der Waals surface area contributed by atoms with Crippen molar-refractivity contribution in [2.24, 2.45) is 0 Å². The molecule has 0 bridgehead atoms. The Hall–Kier alpha value is -4.78. The number of halogens is 2. The van der Waals surface area contributed by atoms with Crippen LogP contribution in [0, 0.1) is 0 Å². The van der Waals surface area contributed by atoms with Crippen molar-refractivity contribution in [2.75, 3.05) is 9.80 Å². The van der Waals surface area contributed by atoms with Gasteiger partial charge in [-0.3, -0.25) is 0 Å². The molecule has 0 saturated heterocycles. The Morgan fingerprint density at radius 2 is 0.696 bits per heavy atom. The summed E-state index contributed by atoms with van der Waals surface area (Å²) < 4.78 is 15.0. The third-order valence-corrected chi connectivity index (χ3v) is 14.1. The molecule has 282 valence electrons. The number of anilines is 6. The summed E-state index contributed by atoms with van der Waals surface area (Å²) in [7, 11) is 0. The van der Waals surface area contributed by atoms with Gasteiger partial charge in [0.15, 0.2) is 0 Å². The topological polar surface area (TPSA) is 24.9 Å². The lowest BCUT2D eigenvalue weighted by atomic mass is 9.74. The summed E-state index contributed by atoms with van der Waals surface area (Å²) in [4.78, 5) is 4.70. The summed E-state index contributed by atoms with van der Waals surface area (Å²) in [6, 6.07) is 48.5. The van der Waals surface area contributed by atoms with Gasteiger partial charge in [0.05, 0.1) is 0 Å². The SMILES string of the molecule is CC1(C)Oc2ccc(N(c3ccc(Br)cc3)c3ccc4c(ccc5cc(N(c6ccc(Br)cc6)c6ccc7c(c6)C(C)(C)C(C)(C)O7)ccc54)c3)cc2C1(C)C. The fraction of sp³-hybridized carbons (Fsp3) is 0.240. The lowest BCUT2D eigenvalue weighted by Gasteiger charge is -2.33. The molecule has 2 aliphatic heterocycles. The average Bonchev–Trinajstić information content (AvgIpc) is 3.47. The van der Waals surface area contributed by atoms with E-state index in [1.807, 2.05) is 0 Å². The maximum atomic E-state index is 6.45. The number of ether oxygens (including phenoxy) is 2. The first-order chi connectivity index (χ1) is 26.5. The Morgan fingerprint density at radius 3 is 1.07 bits per heavy atom. The largest absolute Gasteiger partial charge is 0.487 e. The van der Waals surface area contributed by atoms with E-state index in [4.69, 9.17) is 9.47 Å². The number of hydrogen-bond donors (Lipinski definition) is 0. The first-order valence-corrected chi connectivity index (χ1v) is 20.9. The third kappa shape index (κ3) is 5.82. The van der Waals surface area contributed by atoms with Gasteiger partial charge in [-0.2, -0.15) is 0 Å². The van der Waals surface area contributed by atoms with E-state index in [1.54, 1.807) is 0 Å². The average molecular weight is 867 g/mol. The standard InChI is InChI=1S/C50H46Br2N2O2/c1-47(2)43-29-39(21-25-45(43)55-49(47,5)6)53(35-15-11-33(51)12-16-35)37-19-23-41-31(27-37)9-10-32-28-38(20-24-42(32)41)54(36-17-13-34(52)14-18-36)40-22-26-46-44(30-40)48(3,4)50(7,8)56-46/h9-30H,1-8H3. The lowest BCUT2D eigenvalue weighted by Crippen LogP contribution is -2.42. The Balaban J connectivity index is 1.14. The molecule has 0 unspecified atom stereocenters. The van der Waals surface area contributed by atoms with Crippen LogP contribution in [0.2, 0.25) is 0 Å². The minimum atomic E-state index is -0.306. The van der Waals surface area contributed by atoms with E-state index < -0.39 is 0 Å². The van der Waals surface area contributed by atoms with Crippen molar-refractivity contribution in [3.63, 3.8) is 0 Å². The summed E-state index contributed by atoms with van der Waals surface area (Å²) in [5.74, 6) is 1.92. The van der Waals surface area contributed by atoms with Crippen LogP contribution in [0.1, 0.15) is 66.5 Å². The van der Waals surface area contributed by atoms with Crippen molar-refractivity contribution in [1.82, 2.24) is 0 Å². The number of benzene rings is 7. The van der Waals surface area contributed by atoms with Crippen LogP contribution in [0.5, 0.6) is 11.5 Å². The Bertz CT molecular complexity index is 2490. The zero-order chi connectivity index (χ0) is 39.4. The molecule has 0 radical (unpaired) electrons. The second-order valence-electron chi connectivity index (χ2n) is 17.3. The molecule has 7 aromatic carbocycles. The summed E-state index contributed by atoms with van der Waals surface area (Å²) in [6.45, 7) is 17.8. The quantitative estimate of drug-likeness (QED) is 0.156. The van der Waals surface area contributed by atoms with Crippen LogP contribution >= 0.6 is 31.9 Å². The van der Waals surface area contributed by atoms with E-state index in [0.29, 0.717) is 0 Å². The Morgan fingerprint density at radius 1 is 0.375 bits per heavy atom. The highest BCUT2D eigenvalue weighted by atomic mass is 79.9. The van der Waals surface area contributed by atoms with Gasteiger partial charge < -0.3 is 19.3 Å². The zero-order valence-corrected chi connectivity index (χ0v) is 36.3. The maximum absolute atomic E-state index is 6.45. The molecule has 0 saturated carbocycles. The van der Waals surface area contributed by atoms with Crippen LogP contribution < -0.4 is 19.3 Å². The van der Waals surface area contributed by atoms with Crippen LogP contribution in [0.3, 0.4) is 0 Å². The Kier molecular flexibility index (Phi) is 8.47. The molecular weight excluding hydrogens is 820 g/mol. The number of nitrogens with zero attached hydrogens (tertiary/aromatic N) is 2. The molecule has 0 spiro atoms. The van der Waals surface area contributed by atoms with Gasteiger partial charge in [0.2, 0.25) is 0 Å². The molecule has 56 heavy (non-hydrogen) atoms. The lowest BCUT2D eigenvalue weighted by molar-refractivity contribution is 0.0711. The predicted molar refractivity (Wildman–Crippen MR) is 242 cm³/mol. The van der Waals surface area contributed by atoms with Crippen molar-refractivity contribution in [3.05, 3.63) is 154 Å². The molecule has 0 aromatic heterocycles. The molecule has 9 rings (SSSR count). The first-order valence-electron chi connectivity index (χ1n) is 19.3. The monoisotopic (exact) mass is 864 g/mol. The minimum Gasteiger partial charge on any atom is -0.487 e. The number of hydrogen-bond acceptors (Lipinski definition) is 4. The highest BCUT2D eigenvalue weighted by Gasteiger charge is 2.49. The van der Waals surface area contributed by atoms with Gasteiger partial charge in [-0.05, 0) is 158 Å². The smallest absolute Gasteiger partial charge is 0.124 e. The molecule has 0 fully saturated rings. The van der Waals surface area contributed by atoms with Crippen LogP contribution in [-0.2, 0) is 10.8 Å². The molecule has 2 heterocycles. The van der Waals surface area contributed by atoms with Gasteiger partial charge >= 0.3 is 0 Å². The van der Waals surface area contributed by atoms with Crippen molar-refractivity contribution >= 4 is 87.5 Å². The van der Waals surface area contributed by atoms with Crippen molar-refractivity contribution < 1.29 is 9.47 Å². The first kappa shape index (κ1) is 36.8. The van der Waals surface area contributed by atoms with Gasteiger partial charge in [-0.15, -0.1) is 0 Å².